The maximum Gasteiger partial charge on any atom is 0.236 e. The van der Waals surface area contributed by atoms with Crippen LogP contribution in [0.4, 0.5) is 5.82 Å². The Morgan fingerprint density at radius 2 is 1.79 bits per heavy atom. The summed E-state index contributed by atoms with van der Waals surface area (Å²) in [5.74, 6) is 0.679. The first-order chi connectivity index (χ1) is 9.31. The average Bonchev–Trinajstić information content (AvgIpc) is 2.40. The van der Waals surface area contributed by atoms with Crippen LogP contribution in [0.15, 0.2) is 54.7 Å². The quantitative estimate of drug-likeness (QED) is 0.911. The second-order valence-electron chi connectivity index (χ2n) is 4.97. The maximum absolute atomic E-state index is 12.6. The number of carbonyl (C=O) groups excluding carboxylic acids is 1. The summed E-state index contributed by atoms with van der Waals surface area (Å²) in [6.07, 6.45) is 4.61. The van der Waals surface area contributed by atoms with Crippen LogP contribution in [0, 0.1) is 0 Å². The molecule has 0 atom stereocenters. The molecule has 0 aliphatic heterocycles. The zero-order chi connectivity index (χ0) is 13.1. The smallest absolute Gasteiger partial charge is 0.236 e. The number of benzene rings is 1. The molecule has 0 saturated heterocycles. The monoisotopic (exact) mass is 252 g/mol. The topological polar surface area (TPSA) is 42.0 Å². The molecule has 3 nitrogen and oxygen atoms in total. The molecular weight excluding hydrogens is 236 g/mol. The van der Waals surface area contributed by atoms with Crippen LogP contribution < -0.4 is 5.32 Å². The van der Waals surface area contributed by atoms with Crippen molar-refractivity contribution >= 4 is 11.7 Å². The Morgan fingerprint density at radius 1 is 1.05 bits per heavy atom. The molecule has 1 amide bonds. The van der Waals surface area contributed by atoms with Crippen LogP contribution in [0.1, 0.15) is 24.8 Å². The molecule has 1 aromatic heterocycles. The molecule has 1 aromatic carbocycles. The molecule has 0 unspecified atom stereocenters. The summed E-state index contributed by atoms with van der Waals surface area (Å²) in [7, 11) is 0. The van der Waals surface area contributed by atoms with Crippen molar-refractivity contribution in [2.24, 2.45) is 0 Å². The van der Waals surface area contributed by atoms with E-state index in [1.165, 1.54) is 0 Å². The molecular formula is C16H16N2O. The van der Waals surface area contributed by atoms with Crippen LogP contribution in [0.3, 0.4) is 0 Å². The summed E-state index contributed by atoms with van der Waals surface area (Å²) in [6, 6.07) is 15.6. The van der Waals surface area contributed by atoms with E-state index in [-0.39, 0.29) is 11.3 Å². The highest BCUT2D eigenvalue weighted by atomic mass is 16.2. The molecule has 1 aliphatic rings. The molecule has 1 fully saturated rings. The number of nitrogens with one attached hydrogen (secondary N) is 1. The van der Waals surface area contributed by atoms with Gasteiger partial charge < -0.3 is 5.32 Å². The van der Waals surface area contributed by atoms with Crippen LogP contribution >= 0.6 is 0 Å². The van der Waals surface area contributed by atoms with E-state index in [0.717, 1.165) is 24.8 Å². The van der Waals surface area contributed by atoms with Gasteiger partial charge in [-0.1, -0.05) is 42.8 Å². The Bertz CT molecular complexity index is 562. The third-order valence-electron chi connectivity index (χ3n) is 3.87. The number of aromatic nitrogens is 1. The van der Waals surface area contributed by atoms with Crippen LogP contribution in [-0.4, -0.2) is 10.9 Å². The SMILES string of the molecule is O=C(Nc1ccccn1)C1(c2ccccc2)CCC1. The fourth-order valence-electron chi connectivity index (χ4n) is 2.61. The summed E-state index contributed by atoms with van der Waals surface area (Å²) in [6.45, 7) is 0. The third kappa shape index (κ3) is 2.12. The number of hydrogen-bond acceptors (Lipinski definition) is 2. The van der Waals surface area contributed by atoms with E-state index in [0.29, 0.717) is 5.82 Å². The highest BCUT2D eigenvalue weighted by Crippen LogP contribution is 2.44. The number of rotatable bonds is 3. The van der Waals surface area contributed by atoms with Crippen molar-refractivity contribution in [2.75, 3.05) is 5.32 Å². The van der Waals surface area contributed by atoms with Gasteiger partial charge in [-0.3, -0.25) is 4.79 Å². The number of anilines is 1. The average molecular weight is 252 g/mol. The van der Waals surface area contributed by atoms with Gasteiger partial charge in [-0.05, 0) is 30.5 Å². The Hall–Kier alpha value is -2.16. The lowest BCUT2D eigenvalue weighted by Gasteiger charge is -2.40. The van der Waals surface area contributed by atoms with Gasteiger partial charge in [-0.25, -0.2) is 4.98 Å². The molecule has 1 N–H and O–H groups in total. The van der Waals surface area contributed by atoms with Gasteiger partial charge in [0.25, 0.3) is 0 Å². The number of pyridine rings is 1. The van der Waals surface area contributed by atoms with E-state index in [4.69, 9.17) is 0 Å². The molecule has 1 heterocycles. The van der Waals surface area contributed by atoms with E-state index in [2.05, 4.69) is 10.3 Å². The van der Waals surface area contributed by atoms with Crippen molar-refractivity contribution in [2.45, 2.75) is 24.7 Å². The van der Waals surface area contributed by atoms with Gasteiger partial charge in [-0.15, -0.1) is 0 Å². The van der Waals surface area contributed by atoms with Crippen molar-refractivity contribution < 1.29 is 4.79 Å². The zero-order valence-electron chi connectivity index (χ0n) is 10.7. The van der Waals surface area contributed by atoms with E-state index < -0.39 is 0 Å². The van der Waals surface area contributed by atoms with Crippen molar-refractivity contribution in [1.29, 1.82) is 0 Å². The van der Waals surface area contributed by atoms with E-state index in [1.54, 1.807) is 6.20 Å². The summed E-state index contributed by atoms with van der Waals surface area (Å²) in [5.41, 5.74) is 0.744. The van der Waals surface area contributed by atoms with Crippen molar-refractivity contribution in [3.8, 4) is 0 Å². The predicted molar refractivity (Wildman–Crippen MR) is 74.8 cm³/mol. The van der Waals surface area contributed by atoms with E-state index in [9.17, 15) is 4.79 Å². The summed E-state index contributed by atoms with van der Waals surface area (Å²) < 4.78 is 0. The molecule has 19 heavy (non-hydrogen) atoms. The number of amides is 1. The normalized spacial score (nSPS) is 16.4. The number of carbonyl (C=O) groups is 1. The van der Waals surface area contributed by atoms with Gasteiger partial charge in [0, 0.05) is 6.20 Å². The molecule has 0 radical (unpaired) electrons. The molecule has 1 aliphatic carbocycles. The second kappa shape index (κ2) is 4.84. The zero-order valence-corrected chi connectivity index (χ0v) is 10.7. The predicted octanol–water partition coefficient (Wildman–Crippen LogP) is 3.14. The van der Waals surface area contributed by atoms with Crippen LogP contribution in [0.5, 0.6) is 0 Å². The second-order valence-corrected chi connectivity index (χ2v) is 4.97. The lowest BCUT2D eigenvalue weighted by molar-refractivity contribution is -0.124. The summed E-state index contributed by atoms with van der Waals surface area (Å²) in [5, 5.41) is 2.93. The molecule has 3 heteroatoms. The standard InChI is InChI=1S/C16H16N2O/c19-15(18-14-9-4-5-12-17-14)16(10-6-11-16)13-7-2-1-3-8-13/h1-5,7-9,12H,6,10-11H2,(H,17,18,19). The lowest BCUT2D eigenvalue weighted by Crippen LogP contribution is -2.46. The van der Waals surface area contributed by atoms with Crippen LogP contribution in [0.2, 0.25) is 0 Å². The van der Waals surface area contributed by atoms with Crippen molar-refractivity contribution in [1.82, 2.24) is 4.98 Å². The first kappa shape index (κ1) is 11.9. The Morgan fingerprint density at radius 3 is 2.37 bits per heavy atom. The van der Waals surface area contributed by atoms with Crippen LogP contribution in [-0.2, 0) is 10.2 Å². The van der Waals surface area contributed by atoms with Gasteiger partial charge in [0.05, 0.1) is 5.41 Å². The minimum Gasteiger partial charge on any atom is -0.310 e. The van der Waals surface area contributed by atoms with Gasteiger partial charge in [-0.2, -0.15) is 0 Å². The molecule has 0 spiro atoms. The van der Waals surface area contributed by atoms with Crippen LogP contribution in [0.25, 0.3) is 0 Å². The van der Waals surface area contributed by atoms with Gasteiger partial charge >= 0.3 is 0 Å². The molecule has 96 valence electrons. The first-order valence-electron chi connectivity index (χ1n) is 6.59. The minimum atomic E-state index is -0.362. The summed E-state index contributed by atoms with van der Waals surface area (Å²) in [4.78, 5) is 16.7. The van der Waals surface area contributed by atoms with E-state index in [1.807, 2.05) is 48.5 Å². The molecule has 1 saturated carbocycles. The largest absolute Gasteiger partial charge is 0.310 e. The minimum absolute atomic E-state index is 0.0589. The first-order valence-corrected chi connectivity index (χ1v) is 6.59. The van der Waals surface area contributed by atoms with Crippen molar-refractivity contribution in [3.05, 3.63) is 60.3 Å². The summed E-state index contributed by atoms with van der Waals surface area (Å²) >= 11 is 0. The fourth-order valence-corrected chi connectivity index (χ4v) is 2.61. The third-order valence-corrected chi connectivity index (χ3v) is 3.87. The number of nitrogens with zero attached hydrogens (tertiary/aromatic N) is 1. The highest BCUT2D eigenvalue weighted by Gasteiger charge is 2.45. The Labute approximate surface area is 112 Å². The fraction of sp³-hybridized carbons (Fsp3) is 0.250. The lowest BCUT2D eigenvalue weighted by atomic mass is 9.64. The molecule has 0 bridgehead atoms. The molecule has 2 aromatic rings. The Kier molecular flexibility index (Phi) is 3.03. The van der Waals surface area contributed by atoms with Gasteiger partial charge in [0.15, 0.2) is 0 Å². The number of hydrogen-bond donors (Lipinski definition) is 1. The van der Waals surface area contributed by atoms with Crippen molar-refractivity contribution in [3.63, 3.8) is 0 Å². The molecule has 3 rings (SSSR count). The Balaban J connectivity index is 1.85. The highest BCUT2D eigenvalue weighted by molar-refractivity contribution is 5.99. The van der Waals surface area contributed by atoms with E-state index >= 15 is 0 Å². The van der Waals surface area contributed by atoms with Gasteiger partial charge in [0.1, 0.15) is 5.82 Å². The van der Waals surface area contributed by atoms with Gasteiger partial charge in [0.2, 0.25) is 5.91 Å². The maximum atomic E-state index is 12.6.